The first kappa shape index (κ1) is 13.3. The zero-order valence-corrected chi connectivity index (χ0v) is 11.6. The summed E-state index contributed by atoms with van der Waals surface area (Å²) in [6.45, 7) is 3.35. The van der Waals surface area contributed by atoms with E-state index in [0.717, 1.165) is 10.4 Å². The van der Waals surface area contributed by atoms with Crippen molar-refractivity contribution in [1.82, 2.24) is 5.32 Å². The summed E-state index contributed by atoms with van der Waals surface area (Å²) < 4.78 is 0. The summed E-state index contributed by atoms with van der Waals surface area (Å²) in [7, 11) is 0. The molecule has 0 saturated heterocycles. The molecule has 1 N–H and O–H groups in total. The Morgan fingerprint density at radius 2 is 1.89 bits per heavy atom. The number of carbonyl (C=O) groups excluding carboxylic acids is 1. The van der Waals surface area contributed by atoms with E-state index in [9.17, 15) is 4.79 Å². The van der Waals surface area contributed by atoms with Crippen molar-refractivity contribution in [3.63, 3.8) is 0 Å². The molecule has 96 valence electrons. The second-order valence-corrected chi connectivity index (χ2v) is 5.80. The van der Waals surface area contributed by atoms with Crippen molar-refractivity contribution in [1.29, 1.82) is 5.26 Å². The summed E-state index contributed by atoms with van der Waals surface area (Å²) in [5.41, 5.74) is 0.236. The van der Waals surface area contributed by atoms with Crippen LogP contribution in [-0.2, 0) is 0 Å². The molecule has 0 fully saturated rings. The molecule has 3 nitrogen and oxygen atoms in total. The third kappa shape index (κ3) is 3.21. The van der Waals surface area contributed by atoms with Crippen LogP contribution in [0.2, 0.25) is 0 Å². The summed E-state index contributed by atoms with van der Waals surface area (Å²) in [6, 6.07) is 15.7. The highest BCUT2D eigenvalue weighted by Gasteiger charge is 2.21. The van der Waals surface area contributed by atoms with Crippen LogP contribution in [0, 0.1) is 11.3 Å². The monoisotopic (exact) mass is 270 g/mol. The quantitative estimate of drug-likeness (QED) is 0.928. The van der Waals surface area contributed by atoms with E-state index in [1.165, 1.54) is 11.3 Å². The normalized spacial score (nSPS) is 10.8. The van der Waals surface area contributed by atoms with Gasteiger partial charge in [0.15, 0.2) is 0 Å². The summed E-state index contributed by atoms with van der Waals surface area (Å²) in [4.78, 5) is 13.7. The maximum absolute atomic E-state index is 12.0. The predicted molar refractivity (Wildman–Crippen MR) is 76.9 cm³/mol. The third-order valence-electron chi connectivity index (χ3n) is 2.59. The third-order valence-corrected chi connectivity index (χ3v) is 3.73. The number of nitrogens with one attached hydrogen (secondary N) is 1. The van der Waals surface area contributed by atoms with Crippen LogP contribution in [0.25, 0.3) is 10.4 Å². The Balaban J connectivity index is 2.19. The van der Waals surface area contributed by atoms with Gasteiger partial charge in [-0.1, -0.05) is 30.3 Å². The largest absolute Gasteiger partial charge is 0.334 e. The van der Waals surface area contributed by atoms with Gasteiger partial charge in [-0.15, -0.1) is 11.3 Å². The number of nitriles is 1. The Bertz CT molecular complexity index is 623. The molecule has 4 heteroatoms. The summed E-state index contributed by atoms with van der Waals surface area (Å²) in [6.07, 6.45) is 0. The zero-order valence-electron chi connectivity index (χ0n) is 10.8. The fraction of sp³-hybridized carbons (Fsp3) is 0.200. The predicted octanol–water partition coefficient (Wildman–Crippen LogP) is 3.45. The average molecular weight is 270 g/mol. The summed E-state index contributed by atoms with van der Waals surface area (Å²) in [5.74, 6) is -0.210. The molecular weight excluding hydrogens is 256 g/mol. The summed E-state index contributed by atoms with van der Waals surface area (Å²) >= 11 is 1.42. The van der Waals surface area contributed by atoms with E-state index in [-0.39, 0.29) is 5.91 Å². The van der Waals surface area contributed by atoms with Crippen molar-refractivity contribution in [2.45, 2.75) is 19.4 Å². The highest BCUT2D eigenvalue weighted by atomic mass is 32.1. The Kier molecular flexibility index (Phi) is 3.68. The second-order valence-electron chi connectivity index (χ2n) is 4.72. The smallest absolute Gasteiger partial charge is 0.262 e. The molecule has 0 atom stereocenters. The maximum Gasteiger partial charge on any atom is 0.262 e. The molecule has 0 aliphatic heterocycles. The zero-order chi connectivity index (χ0) is 13.9. The molecule has 0 aliphatic rings. The van der Waals surface area contributed by atoms with E-state index in [1.54, 1.807) is 19.9 Å². The van der Waals surface area contributed by atoms with Gasteiger partial charge in [-0.25, -0.2) is 0 Å². The van der Waals surface area contributed by atoms with Gasteiger partial charge in [0.2, 0.25) is 0 Å². The molecule has 0 bridgehead atoms. The van der Waals surface area contributed by atoms with Crippen molar-refractivity contribution >= 4 is 17.2 Å². The van der Waals surface area contributed by atoms with Gasteiger partial charge in [0.25, 0.3) is 5.91 Å². The highest BCUT2D eigenvalue weighted by molar-refractivity contribution is 7.17. The van der Waals surface area contributed by atoms with E-state index in [0.29, 0.717) is 4.88 Å². The van der Waals surface area contributed by atoms with Crippen LogP contribution in [0.15, 0.2) is 42.5 Å². The lowest BCUT2D eigenvalue weighted by atomic mass is 10.1. The number of hydrogen-bond acceptors (Lipinski definition) is 3. The van der Waals surface area contributed by atoms with E-state index in [2.05, 4.69) is 11.4 Å². The van der Waals surface area contributed by atoms with Crippen LogP contribution in [0.4, 0.5) is 0 Å². The van der Waals surface area contributed by atoms with Crippen molar-refractivity contribution in [2.75, 3.05) is 0 Å². The van der Waals surface area contributed by atoms with Crippen LogP contribution < -0.4 is 5.32 Å². The van der Waals surface area contributed by atoms with E-state index >= 15 is 0 Å². The number of amides is 1. The van der Waals surface area contributed by atoms with Crippen molar-refractivity contribution in [3.05, 3.63) is 47.3 Å². The highest BCUT2D eigenvalue weighted by Crippen LogP contribution is 2.27. The number of benzene rings is 1. The molecule has 0 unspecified atom stereocenters. The molecular formula is C15H14N2OS. The van der Waals surface area contributed by atoms with Crippen LogP contribution in [0.5, 0.6) is 0 Å². The van der Waals surface area contributed by atoms with E-state index in [1.807, 2.05) is 36.4 Å². The SMILES string of the molecule is CC(C)(C#N)NC(=O)c1ccc(-c2ccccc2)s1. The molecule has 0 radical (unpaired) electrons. The Labute approximate surface area is 116 Å². The Hall–Kier alpha value is -2.12. The van der Waals surface area contributed by atoms with E-state index < -0.39 is 5.54 Å². The average Bonchev–Trinajstić information content (AvgIpc) is 2.89. The molecule has 0 saturated carbocycles. The Morgan fingerprint density at radius 3 is 2.53 bits per heavy atom. The fourth-order valence-corrected chi connectivity index (χ4v) is 2.50. The first-order valence-electron chi connectivity index (χ1n) is 5.91. The minimum atomic E-state index is -0.853. The number of hydrogen-bond donors (Lipinski definition) is 1. The maximum atomic E-state index is 12.0. The molecule has 0 spiro atoms. The van der Waals surface area contributed by atoms with Crippen molar-refractivity contribution in [2.24, 2.45) is 0 Å². The van der Waals surface area contributed by atoms with Gasteiger partial charge in [-0.05, 0) is 31.5 Å². The molecule has 1 amide bonds. The number of rotatable bonds is 3. The first-order chi connectivity index (χ1) is 9.02. The van der Waals surface area contributed by atoms with Crippen LogP contribution >= 0.6 is 11.3 Å². The van der Waals surface area contributed by atoms with Crippen LogP contribution in [-0.4, -0.2) is 11.4 Å². The number of nitrogens with zero attached hydrogens (tertiary/aromatic N) is 1. The minimum absolute atomic E-state index is 0.210. The molecule has 2 rings (SSSR count). The van der Waals surface area contributed by atoms with Gasteiger partial charge < -0.3 is 5.32 Å². The number of carbonyl (C=O) groups is 1. The van der Waals surface area contributed by atoms with Gasteiger partial charge in [-0.3, -0.25) is 4.79 Å². The minimum Gasteiger partial charge on any atom is -0.334 e. The number of thiophene rings is 1. The van der Waals surface area contributed by atoms with E-state index in [4.69, 9.17) is 5.26 Å². The standard InChI is InChI=1S/C15H14N2OS/c1-15(2,10-16)17-14(18)13-9-8-12(19-13)11-6-4-3-5-7-11/h3-9H,1-2H3,(H,17,18). The molecule has 1 aromatic carbocycles. The van der Waals surface area contributed by atoms with Crippen molar-refractivity contribution < 1.29 is 4.79 Å². The van der Waals surface area contributed by atoms with Gasteiger partial charge in [0, 0.05) is 4.88 Å². The van der Waals surface area contributed by atoms with Crippen molar-refractivity contribution in [3.8, 4) is 16.5 Å². The van der Waals surface area contributed by atoms with Gasteiger partial charge in [0.1, 0.15) is 5.54 Å². The molecule has 0 aliphatic carbocycles. The Morgan fingerprint density at radius 1 is 1.21 bits per heavy atom. The van der Waals surface area contributed by atoms with Crippen LogP contribution in [0.1, 0.15) is 23.5 Å². The molecule has 19 heavy (non-hydrogen) atoms. The van der Waals surface area contributed by atoms with Crippen LogP contribution in [0.3, 0.4) is 0 Å². The molecule has 1 aromatic heterocycles. The van der Waals surface area contributed by atoms with Gasteiger partial charge in [0.05, 0.1) is 10.9 Å². The lowest BCUT2D eigenvalue weighted by Gasteiger charge is -2.16. The summed E-state index contributed by atoms with van der Waals surface area (Å²) in [5, 5.41) is 11.6. The van der Waals surface area contributed by atoms with Gasteiger partial charge in [-0.2, -0.15) is 5.26 Å². The topological polar surface area (TPSA) is 52.9 Å². The molecule has 2 aromatic rings. The lowest BCUT2D eigenvalue weighted by molar-refractivity contribution is 0.0933. The fourth-order valence-electron chi connectivity index (χ4n) is 1.59. The lowest BCUT2D eigenvalue weighted by Crippen LogP contribution is -2.41. The first-order valence-corrected chi connectivity index (χ1v) is 6.72. The second kappa shape index (κ2) is 5.25. The van der Waals surface area contributed by atoms with Gasteiger partial charge >= 0.3 is 0 Å². The molecule has 1 heterocycles.